The van der Waals surface area contributed by atoms with Gasteiger partial charge in [-0.2, -0.15) is 0 Å². The van der Waals surface area contributed by atoms with Crippen LogP contribution in [0.4, 0.5) is 4.39 Å². The summed E-state index contributed by atoms with van der Waals surface area (Å²) in [5, 5.41) is 0. The van der Waals surface area contributed by atoms with Crippen LogP contribution < -0.4 is 5.73 Å². The summed E-state index contributed by atoms with van der Waals surface area (Å²) in [7, 11) is 0. The topological polar surface area (TPSA) is 29.3 Å². The molecule has 1 heterocycles. The van der Waals surface area contributed by atoms with Gasteiger partial charge in [-0.15, -0.1) is 0 Å². The third-order valence-electron chi connectivity index (χ3n) is 4.09. The lowest BCUT2D eigenvalue weighted by Gasteiger charge is -2.41. The van der Waals surface area contributed by atoms with Crippen molar-refractivity contribution in [2.45, 2.75) is 32.7 Å². The molecule has 2 N–H and O–H groups in total. The fraction of sp³-hybridized carbons (Fsp3) is 0.600. The fourth-order valence-electron chi connectivity index (χ4n) is 3.09. The van der Waals surface area contributed by atoms with Crippen LogP contribution in [0.3, 0.4) is 0 Å². The Morgan fingerprint density at radius 3 is 2.83 bits per heavy atom. The minimum atomic E-state index is -0.123. The Morgan fingerprint density at radius 1 is 1.44 bits per heavy atom. The zero-order chi connectivity index (χ0) is 13.1. The highest BCUT2D eigenvalue weighted by Crippen LogP contribution is 2.35. The van der Waals surface area contributed by atoms with Crippen molar-refractivity contribution >= 4 is 0 Å². The van der Waals surface area contributed by atoms with Crippen molar-refractivity contribution in [2.75, 3.05) is 19.6 Å². The lowest BCUT2D eigenvalue weighted by molar-refractivity contribution is 0.102. The van der Waals surface area contributed by atoms with E-state index in [0.29, 0.717) is 18.5 Å². The Hall–Kier alpha value is -0.930. The molecule has 2 atom stereocenters. The summed E-state index contributed by atoms with van der Waals surface area (Å²) < 4.78 is 13.4. The molecule has 0 radical (unpaired) electrons. The van der Waals surface area contributed by atoms with Gasteiger partial charge >= 0.3 is 0 Å². The van der Waals surface area contributed by atoms with Crippen molar-refractivity contribution < 1.29 is 4.39 Å². The summed E-state index contributed by atoms with van der Waals surface area (Å²) in [6.07, 6.45) is 2.39. The number of hydrogen-bond acceptors (Lipinski definition) is 2. The molecule has 3 heteroatoms. The van der Waals surface area contributed by atoms with Gasteiger partial charge in [0.1, 0.15) is 5.82 Å². The van der Waals surface area contributed by atoms with Crippen LogP contribution in [0.5, 0.6) is 0 Å². The first kappa shape index (κ1) is 13.5. The van der Waals surface area contributed by atoms with Gasteiger partial charge in [0, 0.05) is 6.04 Å². The maximum atomic E-state index is 13.4. The molecule has 18 heavy (non-hydrogen) atoms. The monoisotopic (exact) mass is 250 g/mol. The normalized spacial score (nSPS) is 25.3. The molecule has 0 saturated carbocycles. The number of halogens is 1. The molecule has 0 bridgehead atoms. The predicted molar refractivity (Wildman–Crippen MR) is 72.9 cm³/mol. The lowest BCUT2D eigenvalue weighted by atomic mass is 9.84. The van der Waals surface area contributed by atoms with E-state index >= 15 is 0 Å². The Labute approximate surface area is 109 Å². The number of hydrogen-bond donors (Lipinski definition) is 1. The van der Waals surface area contributed by atoms with Crippen LogP contribution in [-0.2, 0) is 0 Å². The zero-order valence-electron chi connectivity index (χ0n) is 11.3. The number of likely N-dealkylation sites (tertiary alicyclic amines) is 1. The maximum absolute atomic E-state index is 13.4. The van der Waals surface area contributed by atoms with Crippen LogP contribution in [0.2, 0.25) is 0 Å². The van der Waals surface area contributed by atoms with Gasteiger partial charge < -0.3 is 5.73 Å². The number of rotatable bonds is 3. The Morgan fingerprint density at radius 2 is 2.22 bits per heavy atom. The van der Waals surface area contributed by atoms with Crippen molar-refractivity contribution in [3.63, 3.8) is 0 Å². The highest BCUT2D eigenvalue weighted by atomic mass is 19.1. The molecule has 1 aliphatic heterocycles. The molecule has 0 aromatic heterocycles. The molecule has 100 valence electrons. The number of nitrogens with zero attached hydrogens (tertiary/aromatic N) is 1. The van der Waals surface area contributed by atoms with Crippen molar-refractivity contribution in [3.05, 3.63) is 35.1 Å². The summed E-state index contributed by atoms with van der Waals surface area (Å²) >= 11 is 0. The predicted octanol–water partition coefficient (Wildman–Crippen LogP) is 2.87. The van der Waals surface area contributed by atoms with Crippen LogP contribution in [-0.4, -0.2) is 24.5 Å². The number of nitrogens with two attached hydrogens (primary N) is 1. The first-order valence-corrected chi connectivity index (χ1v) is 6.87. The Bertz CT molecular complexity index is 393. The molecule has 0 aliphatic carbocycles. The van der Waals surface area contributed by atoms with Crippen LogP contribution >= 0.6 is 0 Å². The minimum absolute atomic E-state index is 0.123. The van der Waals surface area contributed by atoms with E-state index in [1.165, 1.54) is 18.4 Å². The van der Waals surface area contributed by atoms with Gasteiger partial charge in [-0.3, -0.25) is 4.90 Å². The second-order valence-corrected chi connectivity index (χ2v) is 5.22. The molecular formula is C15H23FN2. The van der Waals surface area contributed by atoms with Crippen molar-refractivity contribution in [1.29, 1.82) is 0 Å². The first-order chi connectivity index (χ1) is 8.67. The Balaban J connectivity index is 2.32. The van der Waals surface area contributed by atoms with E-state index in [-0.39, 0.29) is 5.82 Å². The van der Waals surface area contributed by atoms with Crippen LogP contribution in [0.1, 0.15) is 36.9 Å². The molecular weight excluding hydrogens is 227 g/mol. The average Bonchev–Trinajstić information content (AvgIpc) is 2.41. The standard InChI is InChI=1S/C15H23FN2/c1-3-18-8-4-5-13(10-17)15(18)12-6-7-14(16)11(2)9-12/h6-7,9,13,15H,3-5,8,10,17H2,1-2H3. The third-order valence-corrected chi connectivity index (χ3v) is 4.09. The zero-order valence-corrected chi connectivity index (χ0v) is 11.3. The summed E-state index contributed by atoms with van der Waals surface area (Å²) in [5.74, 6) is 0.366. The van der Waals surface area contributed by atoms with Gasteiger partial charge in [-0.1, -0.05) is 19.1 Å². The van der Waals surface area contributed by atoms with Gasteiger partial charge in [-0.25, -0.2) is 4.39 Å². The molecule has 1 aromatic carbocycles. The average molecular weight is 250 g/mol. The van der Waals surface area contributed by atoms with Gasteiger partial charge in [0.2, 0.25) is 0 Å². The lowest BCUT2D eigenvalue weighted by Crippen LogP contribution is -2.41. The molecule has 0 spiro atoms. The summed E-state index contributed by atoms with van der Waals surface area (Å²) in [6, 6.07) is 5.84. The quantitative estimate of drug-likeness (QED) is 0.893. The van der Waals surface area contributed by atoms with Gasteiger partial charge in [-0.05, 0) is 62.5 Å². The summed E-state index contributed by atoms with van der Waals surface area (Å²) in [5.41, 5.74) is 7.86. The minimum Gasteiger partial charge on any atom is -0.330 e. The van der Waals surface area contributed by atoms with Crippen molar-refractivity contribution in [2.24, 2.45) is 11.7 Å². The van der Waals surface area contributed by atoms with E-state index in [2.05, 4.69) is 11.8 Å². The number of aryl methyl sites for hydroxylation is 1. The fourth-order valence-corrected chi connectivity index (χ4v) is 3.09. The molecule has 1 aromatic rings. The SMILES string of the molecule is CCN1CCCC(CN)C1c1ccc(F)c(C)c1. The van der Waals surface area contributed by atoms with Gasteiger partial charge in [0.15, 0.2) is 0 Å². The third kappa shape index (κ3) is 2.57. The van der Waals surface area contributed by atoms with Crippen LogP contribution in [0.15, 0.2) is 18.2 Å². The molecule has 2 unspecified atom stereocenters. The summed E-state index contributed by atoms with van der Waals surface area (Å²) in [6.45, 7) is 6.86. The second kappa shape index (κ2) is 5.81. The van der Waals surface area contributed by atoms with Crippen LogP contribution in [0.25, 0.3) is 0 Å². The first-order valence-electron chi connectivity index (χ1n) is 6.87. The highest BCUT2D eigenvalue weighted by Gasteiger charge is 2.30. The van der Waals surface area contributed by atoms with E-state index in [1.54, 1.807) is 6.07 Å². The molecule has 0 amide bonds. The maximum Gasteiger partial charge on any atom is 0.126 e. The van der Waals surface area contributed by atoms with Crippen molar-refractivity contribution in [3.8, 4) is 0 Å². The summed E-state index contributed by atoms with van der Waals surface area (Å²) in [4.78, 5) is 2.47. The van der Waals surface area contributed by atoms with E-state index in [4.69, 9.17) is 5.73 Å². The van der Waals surface area contributed by atoms with Crippen molar-refractivity contribution in [1.82, 2.24) is 4.90 Å². The smallest absolute Gasteiger partial charge is 0.126 e. The molecule has 2 rings (SSSR count). The van der Waals surface area contributed by atoms with Gasteiger partial charge in [0.05, 0.1) is 0 Å². The van der Waals surface area contributed by atoms with E-state index in [1.807, 2.05) is 19.1 Å². The molecule has 1 fully saturated rings. The molecule has 1 saturated heterocycles. The molecule has 2 nitrogen and oxygen atoms in total. The van der Waals surface area contributed by atoms with E-state index < -0.39 is 0 Å². The molecule has 1 aliphatic rings. The highest BCUT2D eigenvalue weighted by molar-refractivity contribution is 5.27. The number of piperidine rings is 1. The second-order valence-electron chi connectivity index (χ2n) is 5.22. The van der Waals surface area contributed by atoms with E-state index in [0.717, 1.165) is 18.7 Å². The van der Waals surface area contributed by atoms with E-state index in [9.17, 15) is 4.39 Å². The number of benzene rings is 1. The van der Waals surface area contributed by atoms with Crippen LogP contribution in [0, 0.1) is 18.7 Å². The largest absolute Gasteiger partial charge is 0.330 e. The Kier molecular flexibility index (Phi) is 4.36. The van der Waals surface area contributed by atoms with Gasteiger partial charge in [0.25, 0.3) is 0 Å².